The maximum atomic E-state index is 12.2. The van der Waals surface area contributed by atoms with E-state index in [2.05, 4.69) is 21.4 Å². The highest BCUT2D eigenvalue weighted by Gasteiger charge is 2.21. The third kappa shape index (κ3) is 3.45. The van der Waals surface area contributed by atoms with E-state index >= 15 is 0 Å². The number of hydrogen-bond donors (Lipinski definition) is 1. The Labute approximate surface area is 155 Å². The van der Waals surface area contributed by atoms with E-state index in [-0.39, 0.29) is 11.3 Å². The molecule has 7 heteroatoms. The molecule has 0 spiro atoms. The SMILES string of the molecule is CCOC(=O)c1sc2nc(Cl)nc(Nc3cc(C)ccc3C)c2c1C. The Morgan fingerprint density at radius 1 is 1.28 bits per heavy atom. The molecule has 0 atom stereocenters. The van der Waals surface area contributed by atoms with Crippen LogP contribution in [0.5, 0.6) is 0 Å². The van der Waals surface area contributed by atoms with Gasteiger partial charge in [0.05, 0.1) is 12.0 Å². The highest BCUT2D eigenvalue weighted by atomic mass is 35.5. The predicted octanol–water partition coefficient (Wildman–Crippen LogP) is 5.19. The van der Waals surface area contributed by atoms with E-state index < -0.39 is 0 Å². The topological polar surface area (TPSA) is 64.1 Å². The zero-order valence-corrected chi connectivity index (χ0v) is 16.0. The summed E-state index contributed by atoms with van der Waals surface area (Å²) < 4.78 is 5.13. The quantitative estimate of drug-likeness (QED) is 0.502. The summed E-state index contributed by atoms with van der Waals surface area (Å²) in [5, 5.41) is 4.27. The third-order valence-electron chi connectivity index (χ3n) is 3.87. The van der Waals surface area contributed by atoms with Gasteiger partial charge in [-0.05, 0) is 62.1 Å². The Morgan fingerprint density at radius 2 is 2.04 bits per heavy atom. The van der Waals surface area contributed by atoms with E-state index in [1.807, 2.05) is 32.9 Å². The van der Waals surface area contributed by atoms with Gasteiger partial charge in [0.2, 0.25) is 5.28 Å². The van der Waals surface area contributed by atoms with Crippen LogP contribution in [-0.2, 0) is 4.74 Å². The fourth-order valence-corrected chi connectivity index (χ4v) is 3.89. The first-order chi connectivity index (χ1) is 11.9. The molecule has 2 aromatic heterocycles. The molecule has 0 saturated carbocycles. The van der Waals surface area contributed by atoms with E-state index in [1.54, 1.807) is 6.92 Å². The largest absolute Gasteiger partial charge is 0.462 e. The number of benzene rings is 1. The smallest absolute Gasteiger partial charge is 0.348 e. The van der Waals surface area contributed by atoms with Gasteiger partial charge in [-0.3, -0.25) is 0 Å². The number of anilines is 2. The van der Waals surface area contributed by atoms with Gasteiger partial charge in [0.25, 0.3) is 0 Å². The Hall–Kier alpha value is -2.18. The average Bonchev–Trinajstić information content (AvgIpc) is 2.88. The minimum atomic E-state index is -0.350. The number of thiophene rings is 1. The molecule has 130 valence electrons. The Bertz CT molecular complexity index is 969. The van der Waals surface area contributed by atoms with Crippen molar-refractivity contribution in [1.82, 2.24) is 9.97 Å². The molecular formula is C18H18ClN3O2S. The van der Waals surface area contributed by atoms with E-state index in [1.165, 1.54) is 11.3 Å². The molecule has 0 fully saturated rings. The average molecular weight is 376 g/mol. The van der Waals surface area contributed by atoms with Crippen LogP contribution < -0.4 is 5.32 Å². The highest BCUT2D eigenvalue weighted by molar-refractivity contribution is 7.20. The maximum absolute atomic E-state index is 12.2. The van der Waals surface area contributed by atoms with Crippen LogP contribution >= 0.6 is 22.9 Å². The van der Waals surface area contributed by atoms with Crippen molar-refractivity contribution < 1.29 is 9.53 Å². The normalized spacial score (nSPS) is 10.9. The third-order valence-corrected chi connectivity index (χ3v) is 5.20. The summed E-state index contributed by atoms with van der Waals surface area (Å²) in [5.74, 6) is 0.241. The fourth-order valence-electron chi connectivity index (χ4n) is 2.59. The summed E-state index contributed by atoms with van der Waals surface area (Å²) in [7, 11) is 0. The minimum Gasteiger partial charge on any atom is -0.462 e. The van der Waals surface area contributed by atoms with Crippen molar-refractivity contribution in [3.8, 4) is 0 Å². The maximum Gasteiger partial charge on any atom is 0.348 e. The fraction of sp³-hybridized carbons (Fsp3) is 0.278. The second-order valence-electron chi connectivity index (χ2n) is 5.74. The van der Waals surface area contributed by atoms with Crippen molar-refractivity contribution in [3.05, 3.63) is 45.1 Å². The monoisotopic (exact) mass is 375 g/mol. The zero-order valence-electron chi connectivity index (χ0n) is 14.4. The van der Waals surface area contributed by atoms with Crippen LogP contribution in [0.1, 0.15) is 33.3 Å². The molecule has 0 amide bonds. The van der Waals surface area contributed by atoms with Gasteiger partial charge in [-0.2, -0.15) is 4.98 Å². The van der Waals surface area contributed by atoms with Gasteiger partial charge in [-0.25, -0.2) is 9.78 Å². The standard InChI is InChI=1S/C18H18ClN3O2S/c1-5-24-17(23)14-11(4)13-15(21-18(19)22-16(13)25-14)20-12-8-9(2)6-7-10(12)3/h6-8H,5H2,1-4H3,(H,20,21,22). The lowest BCUT2D eigenvalue weighted by Crippen LogP contribution is -2.04. The van der Waals surface area contributed by atoms with Gasteiger partial charge in [-0.15, -0.1) is 11.3 Å². The molecule has 0 saturated heterocycles. The van der Waals surface area contributed by atoms with Gasteiger partial charge < -0.3 is 10.1 Å². The summed E-state index contributed by atoms with van der Waals surface area (Å²) in [5.41, 5.74) is 3.97. The van der Waals surface area contributed by atoms with Crippen molar-refractivity contribution in [2.45, 2.75) is 27.7 Å². The molecular weight excluding hydrogens is 358 g/mol. The molecule has 1 N–H and O–H groups in total. The molecule has 0 aliphatic carbocycles. The van der Waals surface area contributed by atoms with Crippen molar-refractivity contribution in [1.29, 1.82) is 0 Å². The second kappa shape index (κ2) is 6.98. The van der Waals surface area contributed by atoms with Gasteiger partial charge in [0, 0.05) is 5.69 Å². The lowest BCUT2D eigenvalue weighted by Gasteiger charge is -2.11. The minimum absolute atomic E-state index is 0.136. The summed E-state index contributed by atoms with van der Waals surface area (Å²) in [6.07, 6.45) is 0. The van der Waals surface area contributed by atoms with E-state index in [0.29, 0.717) is 22.1 Å². The first-order valence-corrected chi connectivity index (χ1v) is 9.08. The van der Waals surface area contributed by atoms with Gasteiger partial charge in [-0.1, -0.05) is 12.1 Å². The van der Waals surface area contributed by atoms with Crippen LogP contribution in [0.4, 0.5) is 11.5 Å². The Kier molecular flexibility index (Phi) is 4.92. The molecule has 25 heavy (non-hydrogen) atoms. The number of aromatic nitrogens is 2. The first kappa shape index (κ1) is 17.6. The van der Waals surface area contributed by atoms with Crippen LogP contribution in [0.3, 0.4) is 0 Å². The molecule has 0 unspecified atom stereocenters. The molecule has 1 aromatic carbocycles. The lowest BCUT2D eigenvalue weighted by molar-refractivity contribution is 0.0531. The summed E-state index contributed by atoms with van der Waals surface area (Å²) in [4.78, 5) is 22.0. The van der Waals surface area contributed by atoms with E-state index in [0.717, 1.165) is 27.8 Å². The van der Waals surface area contributed by atoms with Crippen LogP contribution in [-0.4, -0.2) is 22.5 Å². The van der Waals surface area contributed by atoms with Gasteiger partial charge >= 0.3 is 5.97 Å². The number of aryl methyl sites for hydroxylation is 3. The number of nitrogens with one attached hydrogen (secondary N) is 1. The van der Waals surface area contributed by atoms with Crippen LogP contribution in [0, 0.1) is 20.8 Å². The summed E-state index contributed by atoms with van der Waals surface area (Å²) in [6, 6.07) is 6.14. The van der Waals surface area contributed by atoms with E-state index in [9.17, 15) is 4.79 Å². The van der Waals surface area contributed by atoms with Gasteiger partial charge in [0.1, 0.15) is 15.5 Å². The number of carbonyl (C=O) groups excluding carboxylic acids is 1. The zero-order chi connectivity index (χ0) is 18.1. The number of fused-ring (bicyclic) bond motifs is 1. The molecule has 3 aromatic rings. The van der Waals surface area contributed by atoms with Crippen molar-refractivity contribution >= 4 is 50.6 Å². The first-order valence-electron chi connectivity index (χ1n) is 7.88. The number of nitrogens with zero attached hydrogens (tertiary/aromatic N) is 2. The Morgan fingerprint density at radius 3 is 2.76 bits per heavy atom. The molecule has 3 rings (SSSR count). The molecule has 5 nitrogen and oxygen atoms in total. The van der Waals surface area contributed by atoms with Crippen LogP contribution in [0.25, 0.3) is 10.2 Å². The second-order valence-corrected chi connectivity index (χ2v) is 7.08. The molecule has 0 aliphatic rings. The van der Waals surface area contributed by atoms with Crippen molar-refractivity contribution in [3.63, 3.8) is 0 Å². The number of halogens is 1. The summed E-state index contributed by atoms with van der Waals surface area (Å²) >= 11 is 7.36. The number of carbonyl (C=O) groups is 1. The number of hydrogen-bond acceptors (Lipinski definition) is 6. The van der Waals surface area contributed by atoms with E-state index in [4.69, 9.17) is 16.3 Å². The van der Waals surface area contributed by atoms with Crippen molar-refractivity contribution in [2.75, 3.05) is 11.9 Å². The lowest BCUT2D eigenvalue weighted by atomic mass is 10.1. The van der Waals surface area contributed by atoms with Crippen LogP contribution in [0.2, 0.25) is 5.28 Å². The Balaban J connectivity index is 2.14. The summed E-state index contributed by atoms with van der Waals surface area (Å²) in [6.45, 7) is 8.03. The molecule has 0 aliphatic heterocycles. The molecule has 0 bridgehead atoms. The number of esters is 1. The highest BCUT2D eigenvalue weighted by Crippen LogP contribution is 2.36. The predicted molar refractivity (Wildman–Crippen MR) is 102 cm³/mol. The molecule has 2 heterocycles. The van der Waals surface area contributed by atoms with Crippen molar-refractivity contribution in [2.24, 2.45) is 0 Å². The number of ether oxygens (including phenoxy) is 1. The van der Waals surface area contributed by atoms with Crippen LogP contribution in [0.15, 0.2) is 18.2 Å². The number of rotatable bonds is 4. The molecule has 0 radical (unpaired) electrons. The van der Waals surface area contributed by atoms with Gasteiger partial charge in [0.15, 0.2) is 0 Å².